The second kappa shape index (κ2) is 7.26. The Kier molecular flexibility index (Phi) is 5.38. The molecule has 0 atom stereocenters. The number of carbonyl (C=O) groups is 1. The summed E-state index contributed by atoms with van der Waals surface area (Å²) in [6, 6.07) is 7.71. The van der Waals surface area contributed by atoms with Gasteiger partial charge in [-0.05, 0) is 37.6 Å². The number of aromatic nitrogens is 1. The first kappa shape index (κ1) is 16.3. The zero-order valence-electron chi connectivity index (χ0n) is 13.4. The molecule has 0 bridgehead atoms. The van der Waals surface area contributed by atoms with Gasteiger partial charge < -0.3 is 15.5 Å². The van der Waals surface area contributed by atoms with E-state index in [4.69, 9.17) is 0 Å². The highest BCUT2D eigenvalue weighted by Crippen LogP contribution is 2.20. The number of thiophene rings is 1. The lowest BCUT2D eigenvalue weighted by molar-refractivity contribution is 0.240. The normalized spacial score (nSPS) is 10.4. The van der Waals surface area contributed by atoms with Crippen LogP contribution in [-0.2, 0) is 13.1 Å². The summed E-state index contributed by atoms with van der Waals surface area (Å²) in [5, 5.41) is 5.71. The van der Waals surface area contributed by atoms with E-state index in [0.29, 0.717) is 13.1 Å². The van der Waals surface area contributed by atoms with E-state index in [1.165, 1.54) is 15.3 Å². The third kappa shape index (κ3) is 4.46. The molecule has 0 unspecified atom stereocenters. The molecule has 0 aliphatic rings. The summed E-state index contributed by atoms with van der Waals surface area (Å²) in [6.45, 7) is 5.11. The van der Waals surface area contributed by atoms with E-state index in [-0.39, 0.29) is 6.03 Å². The third-order valence-electron chi connectivity index (χ3n) is 3.26. The molecule has 0 aliphatic carbocycles. The number of hydrogen-bond donors (Lipinski definition) is 2. The van der Waals surface area contributed by atoms with Crippen molar-refractivity contribution < 1.29 is 4.79 Å². The summed E-state index contributed by atoms with van der Waals surface area (Å²) in [6.07, 6.45) is 0. The molecule has 2 amide bonds. The van der Waals surface area contributed by atoms with Crippen molar-refractivity contribution in [2.45, 2.75) is 26.9 Å². The Bertz CT molecular complexity index is 651. The van der Waals surface area contributed by atoms with E-state index in [2.05, 4.69) is 35.5 Å². The Hall–Kier alpha value is -2.08. The lowest BCUT2D eigenvalue weighted by Crippen LogP contribution is -2.34. The van der Waals surface area contributed by atoms with Crippen LogP contribution in [0.2, 0.25) is 0 Å². The molecule has 0 aromatic carbocycles. The van der Waals surface area contributed by atoms with Crippen LogP contribution in [0.3, 0.4) is 0 Å². The minimum Gasteiger partial charge on any atom is -0.363 e. The zero-order chi connectivity index (χ0) is 16.1. The highest BCUT2D eigenvalue weighted by Gasteiger charge is 2.06. The molecule has 0 spiro atoms. The second-order valence-corrected chi connectivity index (χ2v) is 6.82. The van der Waals surface area contributed by atoms with Crippen LogP contribution in [-0.4, -0.2) is 25.1 Å². The van der Waals surface area contributed by atoms with Crippen LogP contribution in [0.25, 0.3) is 0 Å². The smallest absolute Gasteiger partial charge is 0.315 e. The standard InChI is InChI=1S/C16H22N4OS/c1-11-8-13(12(2)22-11)9-17-16(21)18-10-14-6-5-7-15(19-14)20(3)4/h5-8H,9-10H2,1-4H3,(H2,17,18,21). The van der Waals surface area contributed by atoms with Crippen molar-refractivity contribution in [1.29, 1.82) is 0 Å². The molecule has 2 heterocycles. The maximum atomic E-state index is 11.9. The fourth-order valence-electron chi connectivity index (χ4n) is 2.08. The van der Waals surface area contributed by atoms with Gasteiger partial charge in [-0.25, -0.2) is 9.78 Å². The van der Waals surface area contributed by atoms with Gasteiger partial charge in [-0.1, -0.05) is 6.07 Å². The summed E-state index contributed by atoms with van der Waals surface area (Å²) in [7, 11) is 3.88. The molecule has 0 radical (unpaired) electrons. The van der Waals surface area contributed by atoms with Gasteiger partial charge in [-0.15, -0.1) is 11.3 Å². The molecule has 6 heteroatoms. The van der Waals surface area contributed by atoms with Crippen LogP contribution in [0.1, 0.15) is 21.0 Å². The van der Waals surface area contributed by atoms with E-state index < -0.39 is 0 Å². The fraction of sp³-hybridized carbons (Fsp3) is 0.375. The van der Waals surface area contributed by atoms with E-state index >= 15 is 0 Å². The predicted octanol–water partition coefficient (Wildman–Crippen LogP) is 2.83. The minimum atomic E-state index is -0.180. The zero-order valence-corrected chi connectivity index (χ0v) is 14.3. The molecule has 2 rings (SSSR count). The van der Waals surface area contributed by atoms with Crippen LogP contribution in [0.4, 0.5) is 10.6 Å². The van der Waals surface area contributed by atoms with Gasteiger partial charge >= 0.3 is 6.03 Å². The van der Waals surface area contributed by atoms with E-state index in [9.17, 15) is 4.79 Å². The number of pyridine rings is 1. The number of carbonyl (C=O) groups excluding carboxylic acids is 1. The van der Waals surface area contributed by atoms with Crippen molar-refractivity contribution in [3.63, 3.8) is 0 Å². The molecule has 2 aromatic rings. The number of rotatable bonds is 5. The minimum absolute atomic E-state index is 0.180. The van der Waals surface area contributed by atoms with E-state index in [1.54, 1.807) is 11.3 Å². The molecule has 2 aromatic heterocycles. The third-order valence-corrected chi connectivity index (χ3v) is 4.27. The van der Waals surface area contributed by atoms with Crippen molar-refractivity contribution >= 4 is 23.2 Å². The van der Waals surface area contributed by atoms with Crippen molar-refractivity contribution in [1.82, 2.24) is 15.6 Å². The number of nitrogens with one attached hydrogen (secondary N) is 2. The number of amides is 2. The molecule has 5 nitrogen and oxygen atoms in total. The van der Waals surface area contributed by atoms with Gasteiger partial charge in [0.25, 0.3) is 0 Å². The van der Waals surface area contributed by atoms with Gasteiger partial charge in [-0.2, -0.15) is 0 Å². The second-order valence-electron chi connectivity index (χ2n) is 5.36. The average Bonchev–Trinajstić information content (AvgIpc) is 2.81. The molecular formula is C16H22N4OS. The van der Waals surface area contributed by atoms with Crippen molar-refractivity contribution in [2.75, 3.05) is 19.0 Å². The highest BCUT2D eigenvalue weighted by molar-refractivity contribution is 7.12. The van der Waals surface area contributed by atoms with Gasteiger partial charge in [0.05, 0.1) is 12.2 Å². The van der Waals surface area contributed by atoms with Gasteiger partial charge in [0.15, 0.2) is 0 Å². The quantitative estimate of drug-likeness (QED) is 0.891. The van der Waals surface area contributed by atoms with Crippen molar-refractivity contribution in [2.24, 2.45) is 0 Å². The van der Waals surface area contributed by atoms with Crippen LogP contribution in [0.5, 0.6) is 0 Å². The SMILES string of the molecule is Cc1cc(CNC(=O)NCc2cccc(N(C)C)n2)c(C)s1. The lowest BCUT2D eigenvalue weighted by atomic mass is 10.2. The first-order valence-electron chi connectivity index (χ1n) is 7.16. The molecule has 118 valence electrons. The summed E-state index contributed by atoms with van der Waals surface area (Å²) in [4.78, 5) is 20.8. The van der Waals surface area contributed by atoms with Crippen LogP contribution in [0, 0.1) is 13.8 Å². The number of aryl methyl sites for hydroxylation is 2. The van der Waals surface area contributed by atoms with Gasteiger partial charge in [0.1, 0.15) is 5.82 Å². The molecular weight excluding hydrogens is 296 g/mol. The van der Waals surface area contributed by atoms with Crippen LogP contribution >= 0.6 is 11.3 Å². The summed E-state index contributed by atoms with van der Waals surface area (Å²) in [5.41, 5.74) is 2.01. The largest absolute Gasteiger partial charge is 0.363 e. The van der Waals surface area contributed by atoms with Gasteiger partial charge in [0, 0.05) is 30.4 Å². The lowest BCUT2D eigenvalue weighted by Gasteiger charge is -2.12. The van der Waals surface area contributed by atoms with Crippen molar-refractivity contribution in [3.8, 4) is 0 Å². The summed E-state index contributed by atoms with van der Waals surface area (Å²) >= 11 is 1.75. The first-order chi connectivity index (χ1) is 10.5. The molecule has 0 aliphatic heterocycles. The van der Waals surface area contributed by atoms with Crippen molar-refractivity contribution in [3.05, 3.63) is 45.3 Å². The fourth-order valence-corrected chi connectivity index (χ4v) is 3.03. The summed E-state index contributed by atoms with van der Waals surface area (Å²) in [5.74, 6) is 0.879. The van der Waals surface area contributed by atoms with Crippen LogP contribution in [0.15, 0.2) is 24.3 Å². The van der Waals surface area contributed by atoms with E-state index in [0.717, 1.165) is 11.5 Å². The Morgan fingerprint density at radius 3 is 2.59 bits per heavy atom. The Balaban J connectivity index is 1.83. The Morgan fingerprint density at radius 1 is 1.23 bits per heavy atom. The van der Waals surface area contributed by atoms with Gasteiger partial charge in [-0.3, -0.25) is 0 Å². The van der Waals surface area contributed by atoms with E-state index in [1.807, 2.05) is 37.2 Å². The number of hydrogen-bond acceptors (Lipinski definition) is 4. The predicted molar refractivity (Wildman–Crippen MR) is 91.4 cm³/mol. The molecule has 2 N–H and O–H groups in total. The number of urea groups is 1. The van der Waals surface area contributed by atoms with Crippen LogP contribution < -0.4 is 15.5 Å². The molecule has 0 saturated heterocycles. The number of anilines is 1. The molecule has 22 heavy (non-hydrogen) atoms. The van der Waals surface area contributed by atoms with Gasteiger partial charge in [0.2, 0.25) is 0 Å². The first-order valence-corrected chi connectivity index (χ1v) is 7.98. The Labute approximate surface area is 135 Å². The maximum absolute atomic E-state index is 11.9. The topological polar surface area (TPSA) is 57.3 Å². The number of nitrogens with zero attached hydrogens (tertiary/aromatic N) is 2. The average molecular weight is 318 g/mol. The Morgan fingerprint density at radius 2 is 1.95 bits per heavy atom. The summed E-state index contributed by atoms with van der Waals surface area (Å²) < 4.78 is 0. The monoisotopic (exact) mass is 318 g/mol. The molecule has 0 saturated carbocycles. The molecule has 0 fully saturated rings. The highest BCUT2D eigenvalue weighted by atomic mass is 32.1. The maximum Gasteiger partial charge on any atom is 0.315 e.